The first-order valence-electron chi connectivity index (χ1n) is 5.26. The van der Waals surface area contributed by atoms with E-state index in [0.29, 0.717) is 17.1 Å². The Labute approximate surface area is 95.1 Å². The zero-order valence-electron chi connectivity index (χ0n) is 8.04. The molecule has 0 aromatic rings. The number of rotatable bonds is 2. The van der Waals surface area contributed by atoms with Crippen molar-refractivity contribution in [1.29, 1.82) is 0 Å². The average Bonchev–Trinajstić information content (AvgIpc) is 2.21. The van der Waals surface area contributed by atoms with Crippen molar-refractivity contribution in [2.45, 2.75) is 12.5 Å². The summed E-state index contributed by atoms with van der Waals surface area (Å²) in [7, 11) is 3.21. The molecule has 0 aromatic carbocycles. The summed E-state index contributed by atoms with van der Waals surface area (Å²) in [6.45, 7) is 1.11. The summed E-state index contributed by atoms with van der Waals surface area (Å²) in [5, 5.41) is 0. The van der Waals surface area contributed by atoms with Crippen molar-refractivity contribution in [1.82, 2.24) is 0 Å². The Kier molecular flexibility index (Phi) is 5.29. The fraction of sp³-hybridized carbons (Fsp3) is 1.00. The van der Waals surface area contributed by atoms with Crippen LogP contribution in [-0.4, -0.2) is 63.4 Å². The Morgan fingerprint density at radius 1 is 1.23 bits per heavy atom. The lowest BCUT2D eigenvalue weighted by molar-refractivity contribution is 0.336. The van der Waals surface area contributed by atoms with Crippen molar-refractivity contribution in [2.24, 2.45) is 0 Å². The second-order valence-corrected chi connectivity index (χ2v) is 44.7. The molecular weight excluding hydrogens is 281 g/mol. The van der Waals surface area contributed by atoms with Crippen LogP contribution in [0.1, 0.15) is 6.42 Å². The van der Waals surface area contributed by atoms with Crippen LogP contribution in [0.3, 0.4) is 0 Å². The Bertz CT molecular complexity index is 134. The van der Waals surface area contributed by atoms with E-state index in [2.05, 4.69) is 10.7 Å². The molecule has 2 aliphatic heterocycles. The highest BCUT2D eigenvalue weighted by Gasteiger charge is 2.24. The van der Waals surface area contributed by atoms with Gasteiger partial charge in [0.25, 0.3) is 0 Å². The van der Waals surface area contributed by atoms with Gasteiger partial charge in [0, 0.05) is 29.9 Å². The normalized spacial score (nSPS) is 43.4. The SMILES string of the molecule is C1CO[SiH2][SiH](S[SiH]2CO[SiH2][SiH2][SiH2]2)C1. The zero-order valence-corrected chi connectivity index (χ0v) is 16.8. The fourth-order valence-corrected chi connectivity index (χ4v) is 108. The molecule has 0 aromatic heterocycles. The number of hydrogen-bond acceptors (Lipinski definition) is 3. The van der Waals surface area contributed by atoms with Gasteiger partial charge in [-0.05, 0) is 12.5 Å². The molecule has 0 N–H and O–H groups in total. The lowest BCUT2D eigenvalue weighted by Gasteiger charge is -2.26. The smallest absolute Gasteiger partial charge is 0.158 e. The maximum atomic E-state index is 5.80. The van der Waals surface area contributed by atoms with E-state index in [4.69, 9.17) is 8.85 Å². The highest BCUT2D eigenvalue weighted by Crippen LogP contribution is 2.19. The second-order valence-electron chi connectivity index (χ2n) is 3.81. The largest absolute Gasteiger partial charge is 0.431 e. The maximum absolute atomic E-state index is 5.80. The van der Waals surface area contributed by atoms with Crippen LogP contribution in [0.4, 0.5) is 0 Å². The minimum Gasteiger partial charge on any atom is -0.431 e. The first-order chi connectivity index (χ1) is 6.45. The third-order valence-electron chi connectivity index (χ3n) is 2.62. The van der Waals surface area contributed by atoms with Crippen molar-refractivity contribution < 1.29 is 8.85 Å². The molecule has 0 radical (unpaired) electrons. The lowest BCUT2D eigenvalue weighted by Crippen LogP contribution is -2.43. The third-order valence-corrected chi connectivity index (χ3v) is 68.4. The minimum atomic E-state index is -0.312. The zero-order chi connectivity index (χ0) is 8.93. The van der Waals surface area contributed by atoms with Crippen molar-refractivity contribution in [2.75, 3.05) is 12.8 Å². The predicted octanol–water partition coefficient (Wildman–Crippen LogP) is -3.51. The molecule has 2 saturated heterocycles. The van der Waals surface area contributed by atoms with Crippen molar-refractivity contribution in [3.8, 4) is 0 Å². The molecule has 0 spiro atoms. The molecule has 76 valence electrons. The van der Waals surface area contributed by atoms with Gasteiger partial charge in [0.05, 0.1) is 0 Å². The van der Waals surface area contributed by atoms with Crippen LogP contribution in [0.2, 0.25) is 6.04 Å². The molecular formula is C4H18O2SSi6. The molecule has 2 unspecified atom stereocenters. The summed E-state index contributed by atoms with van der Waals surface area (Å²) in [5.41, 5.74) is 0. The van der Waals surface area contributed by atoms with Gasteiger partial charge < -0.3 is 8.85 Å². The summed E-state index contributed by atoms with van der Waals surface area (Å²) in [5.74, 6) is 0. The van der Waals surface area contributed by atoms with Crippen molar-refractivity contribution in [3.63, 3.8) is 0 Å². The fourth-order valence-electron chi connectivity index (χ4n) is 1.91. The van der Waals surface area contributed by atoms with Gasteiger partial charge in [-0.15, -0.1) is 0 Å². The summed E-state index contributed by atoms with van der Waals surface area (Å²) in [6, 6.07) is 1.62. The van der Waals surface area contributed by atoms with Crippen LogP contribution in [0.5, 0.6) is 0 Å². The van der Waals surface area contributed by atoms with Gasteiger partial charge in [0.15, 0.2) is 9.28 Å². The molecule has 2 atom stereocenters. The van der Waals surface area contributed by atoms with Gasteiger partial charge in [-0.25, -0.2) is 10.7 Å². The van der Waals surface area contributed by atoms with E-state index in [1.807, 2.05) is 0 Å². The van der Waals surface area contributed by atoms with E-state index in [1.54, 1.807) is 6.04 Å². The molecule has 0 aliphatic carbocycles. The van der Waals surface area contributed by atoms with E-state index in [-0.39, 0.29) is 33.5 Å². The van der Waals surface area contributed by atoms with Crippen LogP contribution < -0.4 is 0 Å². The van der Waals surface area contributed by atoms with Crippen LogP contribution >= 0.6 is 10.7 Å². The van der Waals surface area contributed by atoms with Crippen LogP contribution in [0, 0.1) is 0 Å². The maximum Gasteiger partial charge on any atom is 0.158 e. The van der Waals surface area contributed by atoms with Gasteiger partial charge in [-0.2, -0.15) is 0 Å². The topological polar surface area (TPSA) is 18.5 Å². The summed E-state index contributed by atoms with van der Waals surface area (Å²) >= 11 is 0. The Hall–Kier alpha value is 1.57. The standard InChI is InChI=1S/C4H18O2SSi6/c1-2-5-9-12(3-1)7-13-4-6-8-10-11-13/h12-13H,1-4,8-11H2. The van der Waals surface area contributed by atoms with E-state index in [1.165, 1.54) is 12.7 Å². The van der Waals surface area contributed by atoms with E-state index < -0.39 is 0 Å². The lowest BCUT2D eigenvalue weighted by atomic mass is 10.5. The molecule has 0 bridgehead atoms. The molecule has 13 heavy (non-hydrogen) atoms. The average molecular weight is 299 g/mol. The molecule has 0 amide bonds. The quantitative estimate of drug-likeness (QED) is 0.493. The Balaban J connectivity index is 1.69. The predicted molar refractivity (Wildman–Crippen MR) is 77.4 cm³/mol. The van der Waals surface area contributed by atoms with Gasteiger partial charge in [-0.3, -0.25) is 0 Å². The van der Waals surface area contributed by atoms with Gasteiger partial charge in [-0.1, -0.05) is 0 Å². The first kappa shape index (κ1) is 11.1. The Morgan fingerprint density at radius 3 is 2.92 bits per heavy atom. The second kappa shape index (κ2) is 6.22. The third kappa shape index (κ3) is 3.91. The highest BCUT2D eigenvalue weighted by molar-refractivity contribution is 8.51. The molecule has 2 rings (SSSR count). The van der Waals surface area contributed by atoms with Crippen molar-refractivity contribution in [3.05, 3.63) is 0 Å². The van der Waals surface area contributed by atoms with Crippen molar-refractivity contribution >= 4 is 61.3 Å². The molecule has 2 heterocycles. The van der Waals surface area contributed by atoms with Gasteiger partial charge in [0.1, 0.15) is 24.2 Å². The van der Waals surface area contributed by atoms with Gasteiger partial charge >= 0.3 is 0 Å². The Morgan fingerprint density at radius 2 is 2.23 bits per heavy atom. The summed E-state index contributed by atoms with van der Waals surface area (Å²) in [4.78, 5) is 0. The van der Waals surface area contributed by atoms with Crippen LogP contribution in [0.15, 0.2) is 0 Å². The monoisotopic (exact) mass is 298 g/mol. The van der Waals surface area contributed by atoms with E-state index in [0.717, 1.165) is 6.61 Å². The highest BCUT2D eigenvalue weighted by atomic mass is 32.5. The molecule has 2 fully saturated rings. The van der Waals surface area contributed by atoms with E-state index in [9.17, 15) is 0 Å². The molecule has 2 aliphatic rings. The molecule has 9 heteroatoms. The minimum absolute atomic E-state index is 0.00748. The van der Waals surface area contributed by atoms with E-state index >= 15 is 0 Å². The molecule has 0 saturated carbocycles. The summed E-state index contributed by atoms with van der Waals surface area (Å²) < 4.78 is 11.5. The van der Waals surface area contributed by atoms with Crippen LogP contribution in [0.25, 0.3) is 0 Å². The first-order valence-corrected chi connectivity index (χ1v) is 26.4. The number of hydrogen-bond donors (Lipinski definition) is 0. The summed E-state index contributed by atoms with van der Waals surface area (Å²) in [6.07, 6.45) is 2.71. The van der Waals surface area contributed by atoms with Crippen LogP contribution in [-0.2, 0) is 8.85 Å². The molecule has 2 nitrogen and oxygen atoms in total. The van der Waals surface area contributed by atoms with Gasteiger partial charge in [0.2, 0.25) is 0 Å².